The van der Waals surface area contributed by atoms with E-state index >= 15 is 0 Å². The maximum absolute atomic E-state index is 12.8. The van der Waals surface area contributed by atoms with Gasteiger partial charge in [0.05, 0.1) is 6.04 Å². The number of benzene rings is 2. The quantitative estimate of drug-likeness (QED) is 0.608. The molecule has 1 aliphatic rings. The van der Waals surface area contributed by atoms with Gasteiger partial charge in [-0.25, -0.2) is 8.42 Å². The van der Waals surface area contributed by atoms with Crippen molar-refractivity contribution in [1.82, 2.24) is 14.5 Å². The van der Waals surface area contributed by atoms with Gasteiger partial charge in [-0.2, -0.15) is 4.31 Å². The first-order valence-corrected chi connectivity index (χ1v) is 13.1. The molecule has 178 valence electrons. The molecule has 1 atom stereocenters. The second kappa shape index (κ2) is 11.6. The van der Waals surface area contributed by atoms with E-state index in [0.717, 1.165) is 12.0 Å². The standard InChI is InChI=1S/C26H35N3O3S/c1-4-21-10-12-23(13-11-21)25(28(2)3)20-27-26(30)24-14-17-29(18-15-24)33(31,32)19-16-22-8-6-5-7-9-22/h5-13,16,19,24-25H,4,14-15,17-18,20H2,1-3H3,(H,27,30)/b19-16+. The molecule has 1 aliphatic heterocycles. The Balaban J connectivity index is 1.52. The minimum Gasteiger partial charge on any atom is -0.354 e. The zero-order valence-electron chi connectivity index (χ0n) is 19.8. The molecule has 1 fully saturated rings. The number of amides is 1. The zero-order chi connectivity index (χ0) is 23.8. The molecule has 0 aromatic heterocycles. The molecule has 33 heavy (non-hydrogen) atoms. The Kier molecular flexibility index (Phi) is 8.83. The number of nitrogens with one attached hydrogen (secondary N) is 1. The van der Waals surface area contributed by atoms with Gasteiger partial charge in [0.2, 0.25) is 15.9 Å². The van der Waals surface area contributed by atoms with Crippen LogP contribution in [0.4, 0.5) is 0 Å². The third-order valence-electron chi connectivity index (χ3n) is 6.28. The molecule has 2 aromatic rings. The fourth-order valence-corrected chi connectivity index (χ4v) is 5.32. The molecule has 0 spiro atoms. The Morgan fingerprint density at radius 2 is 1.73 bits per heavy atom. The number of carbonyl (C=O) groups is 1. The van der Waals surface area contributed by atoms with Crippen LogP contribution in [0.5, 0.6) is 0 Å². The summed E-state index contributed by atoms with van der Waals surface area (Å²) < 4.78 is 26.8. The summed E-state index contributed by atoms with van der Waals surface area (Å²) in [5, 5.41) is 4.36. The fraction of sp³-hybridized carbons (Fsp3) is 0.423. The number of nitrogens with zero attached hydrogens (tertiary/aromatic N) is 2. The van der Waals surface area contributed by atoms with E-state index in [2.05, 4.69) is 41.4 Å². The van der Waals surface area contributed by atoms with E-state index in [1.807, 2.05) is 44.4 Å². The van der Waals surface area contributed by atoms with Crippen molar-refractivity contribution in [2.24, 2.45) is 5.92 Å². The predicted octanol–water partition coefficient (Wildman–Crippen LogP) is 3.68. The van der Waals surface area contributed by atoms with Crippen LogP contribution >= 0.6 is 0 Å². The van der Waals surface area contributed by atoms with Crippen molar-refractivity contribution in [3.63, 3.8) is 0 Å². The first-order chi connectivity index (χ1) is 15.8. The van der Waals surface area contributed by atoms with Gasteiger partial charge in [-0.3, -0.25) is 4.79 Å². The lowest BCUT2D eigenvalue weighted by Crippen LogP contribution is -2.44. The number of piperidine rings is 1. The Morgan fingerprint density at radius 1 is 1.09 bits per heavy atom. The second-order valence-corrected chi connectivity index (χ2v) is 10.6. The van der Waals surface area contributed by atoms with Crippen LogP contribution in [0.25, 0.3) is 6.08 Å². The van der Waals surface area contributed by atoms with Gasteiger partial charge in [-0.15, -0.1) is 0 Å². The highest BCUT2D eigenvalue weighted by Crippen LogP contribution is 2.22. The summed E-state index contributed by atoms with van der Waals surface area (Å²) in [6.45, 7) is 3.37. The van der Waals surface area contributed by atoms with Crippen molar-refractivity contribution in [3.8, 4) is 0 Å². The molecule has 1 amide bonds. The van der Waals surface area contributed by atoms with Crippen LogP contribution in [0.15, 0.2) is 60.0 Å². The highest BCUT2D eigenvalue weighted by molar-refractivity contribution is 7.92. The summed E-state index contributed by atoms with van der Waals surface area (Å²) in [6, 6.07) is 18.0. The van der Waals surface area contributed by atoms with Gasteiger partial charge < -0.3 is 10.2 Å². The number of likely N-dealkylation sites (N-methyl/N-ethyl adjacent to an activating group) is 1. The zero-order valence-corrected chi connectivity index (χ0v) is 20.6. The van der Waals surface area contributed by atoms with Gasteiger partial charge in [0.1, 0.15) is 0 Å². The van der Waals surface area contributed by atoms with Crippen LogP contribution in [0.3, 0.4) is 0 Å². The molecule has 1 saturated heterocycles. The molecule has 7 heteroatoms. The second-order valence-electron chi connectivity index (χ2n) is 8.75. The van der Waals surface area contributed by atoms with Crippen LogP contribution in [-0.4, -0.2) is 57.3 Å². The normalized spacial score (nSPS) is 16.8. The SMILES string of the molecule is CCc1ccc(C(CNC(=O)C2CCN(S(=O)(=O)/C=C/c3ccccc3)CC2)N(C)C)cc1. The molecule has 1 N–H and O–H groups in total. The summed E-state index contributed by atoms with van der Waals surface area (Å²) in [7, 11) is 0.526. The van der Waals surface area contributed by atoms with Gasteiger partial charge in [0.15, 0.2) is 0 Å². The predicted molar refractivity (Wildman–Crippen MR) is 134 cm³/mol. The number of sulfonamides is 1. The number of hydrogen-bond donors (Lipinski definition) is 1. The summed E-state index contributed by atoms with van der Waals surface area (Å²) in [5.74, 6) is -0.163. The van der Waals surface area contributed by atoms with E-state index in [0.29, 0.717) is 32.5 Å². The molecule has 3 rings (SSSR count). The molecule has 1 unspecified atom stereocenters. The van der Waals surface area contributed by atoms with E-state index < -0.39 is 10.0 Å². The van der Waals surface area contributed by atoms with E-state index in [1.54, 1.807) is 6.08 Å². The van der Waals surface area contributed by atoms with Crippen molar-refractivity contribution in [2.45, 2.75) is 32.2 Å². The van der Waals surface area contributed by atoms with E-state index in [1.165, 1.54) is 20.8 Å². The average molecular weight is 470 g/mol. The topological polar surface area (TPSA) is 69.7 Å². The van der Waals surface area contributed by atoms with Crippen LogP contribution in [0, 0.1) is 5.92 Å². The monoisotopic (exact) mass is 469 g/mol. The molecular formula is C26H35N3O3S. The Hall–Kier alpha value is -2.48. The maximum atomic E-state index is 12.8. The lowest BCUT2D eigenvalue weighted by atomic mass is 9.96. The Labute approximate surface area is 198 Å². The van der Waals surface area contributed by atoms with Crippen LogP contribution in [0.1, 0.15) is 42.5 Å². The maximum Gasteiger partial charge on any atom is 0.236 e. The van der Waals surface area contributed by atoms with E-state index in [4.69, 9.17) is 0 Å². The van der Waals surface area contributed by atoms with E-state index in [-0.39, 0.29) is 17.9 Å². The molecule has 0 radical (unpaired) electrons. The van der Waals surface area contributed by atoms with Crippen LogP contribution in [-0.2, 0) is 21.2 Å². The molecule has 0 bridgehead atoms. The third kappa shape index (κ3) is 7.00. The van der Waals surface area contributed by atoms with Gasteiger partial charge in [-0.1, -0.05) is 61.5 Å². The smallest absolute Gasteiger partial charge is 0.236 e. The number of hydrogen-bond acceptors (Lipinski definition) is 4. The Morgan fingerprint density at radius 3 is 2.30 bits per heavy atom. The van der Waals surface area contributed by atoms with Crippen molar-refractivity contribution >= 4 is 22.0 Å². The summed E-state index contributed by atoms with van der Waals surface area (Å²) in [5.41, 5.74) is 3.30. The third-order valence-corrected chi connectivity index (χ3v) is 7.85. The molecule has 6 nitrogen and oxygen atoms in total. The minimum absolute atomic E-state index is 0.00361. The highest BCUT2D eigenvalue weighted by Gasteiger charge is 2.30. The molecule has 2 aromatic carbocycles. The van der Waals surface area contributed by atoms with Crippen molar-refractivity contribution in [3.05, 3.63) is 76.7 Å². The summed E-state index contributed by atoms with van der Waals surface area (Å²) in [6.07, 6.45) is 3.67. The Bertz CT molecular complexity index is 1030. The van der Waals surface area contributed by atoms with Crippen LogP contribution < -0.4 is 5.32 Å². The van der Waals surface area contributed by atoms with Crippen molar-refractivity contribution < 1.29 is 13.2 Å². The molecule has 1 heterocycles. The molecular weight excluding hydrogens is 434 g/mol. The van der Waals surface area contributed by atoms with Crippen molar-refractivity contribution in [1.29, 1.82) is 0 Å². The van der Waals surface area contributed by atoms with Crippen molar-refractivity contribution in [2.75, 3.05) is 33.7 Å². The molecule has 0 saturated carbocycles. The lowest BCUT2D eigenvalue weighted by Gasteiger charge is -2.31. The lowest BCUT2D eigenvalue weighted by molar-refractivity contribution is -0.126. The first-order valence-electron chi connectivity index (χ1n) is 11.6. The van der Waals surface area contributed by atoms with Gasteiger partial charge in [-0.05, 0) is 56.1 Å². The van der Waals surface area contributed by atoms with Gasteiger partial charge in [0.25, 0.3) is 0 Å². The minimum atomic E-state index is -3.50. The molecule has 0 aliphatic carbocycles. The van der Waals surface area contributed by atoms with E-state index in [9.17, 15) is 13.2 Å². The largest absolute Gasteiger partial charge is 0.354 e. The summed E-state index contributed by atoms with van der Waals surface area (Å²) in [4.78, 5) is 14.9. The number of carbonyl (C=O) groups excluding carboxylic acids is 1. The number of rotatable bonds is 9. The average Bonchev–Trinajstić information content (AvgIpc) is 2.84. The highest BCUT2D eigenvalue weighted by atomic mass is 32.2. The summed E-state index contributed by atoms with van der Waals surface area (Å²) >= 11 is 0. The van der Waals surface area contributed by atoms with Gasteiger partial charge >= 0.3 is 0 Å². The number of aryl methyl sites for hydroxylation is 1. The van der Waals surface area contributed by atoms with Gasteiger partial charge in [0, 0.05) is 31.0 Å². The van der Waals surface area contributed by atoms with Crippen LogP contribution in [0.2, 0.25) is 0 Å². The first kappa shape index (κ1) is 25.1. The fourth-order valence-electron chi connectivity index (χ4n) is 4.10.